The Bertz CT molecular complexity index is 688. The van der Waals surface area contributed by atoms with Gasteiger partial charge >= 0.3 is 0 Å². The van der Waals surface area contributed by atoms with Crippen molar-refractivity contribution in [3.63, 3.8) is 0 Å². The summed E-state index contributed by atoms with van der Waals surface area (Å²) in [7, 11) is 3.27. The van der Waals surface area contributed by atoms with Crippen molar-refractivity contribution in [1.82, 2.24) is 10.6 Å². The summed E-state index contributed by atoms with van der Waals surface area (Å²) < 4.78 is 11.7. The Morgan fingerprint density at radius 2 is 1.96 bits per heavy atom. The van der Waals surface area contributed by atoms with E-state index in [1.54, 1.807) is 25.6 Å². The lowest BCUT2D eigenvalue weighted by atomic mass is 10.2. The fraction of sp³-hybridized carbons (Fsp3) is 0.353. The molecule has 2 aromatic rings. The number of rotatable bonds is 7. The van der Waals surface area contributed by atoms with E-state index in [4.69, 9.17) is 9.47 Å². The minimum atomic E-state index is 0.559. The molecule has 2 rings (SSSR count). The van der Waals surface area contributed by atoms with Crippen LogP contribution in [-0.2, 0) is 13.1 Å². The molecule has 0 spiro atoms. The smallest absolute Gasteiger partial charge is 0.191 e. The number of hydrogen-bond donors (Lipinski definition) is 2. The predicted molar refractivity (Wildman–Crippen MR) is 103 cm³/mol. The van der Waals surface area contributed by atoms with Crippen LogP contribution in [0.15, 0.2) is 39.1 Å². The Morgan fingerprint density at radius 1 is 1.17 bits per heavy atom. The number of nitrogens with zero attached hydrogens (tertiary/aromatic N) is 1. The van der Waals surface area contributed by atoms with Gasteiger partial charge in [0.1, 0.15) is 0 Å². The zero-order valence-electron chi connectivity index (χ0n) is 14.1. The molecule has 1 aromatic heterocycles. The molecule has 0 aliphatic carbocycles. The molecule has 0 aliphatic heterocycles. The first kappa shape index (κ1) is 18.6. The molecule has 0 fully saturated rings. The van der Waals surface area contributed by atoms with Crippen molar-refractivity contribution in [2.75, 3.05) is 20.8 Å². The summed E-state index contributed by atoms with van der Waals surface area (Å²) in [4.78, 5) is 5.88. The Hall–Kier alpha value is -1.73. The molecule has 0 amide bonds. The minimum Gasteiger partial charge on any atom is -0.493 e. The fourth-order valence-corrected chi connectivity index (χ4v) is 3.50. The van der Waals surface area contributed by atoms with E-state index in [1.807, 2.05) is 18.2 Å². The monoisotopic (exact) mass is 411 g/mol. The first-order chi connectivity index (χ1) is 11.7. The molecule has 0 saturated heterocycles. The van der Waals surface area contributed by atoms with E-state index in [-0.39, 0.29) is 0 Å². The highest BCUT2D eigenvalue weighted by molar-refractivity contribution is 9.10. The van der Waals surface area contributed by atoms with Gasteiger partial charge in [-0.05, 0) is 46.6 Å². The van der Waals surface area contributed by atoms with Crippen molar-refractivity contribution in [3.05, 3.63) is 44.6 Å². The van der Waals surface area contributed by atoms with Crippen molar-refractivity contribution in [2.24, 2.45) is 4.99 Å². The molecule has 24 heavy (non-hydrogen) atoms. The van der Waals surface area contributed by atoms with Gasteiger partial charge in [0.2, 0.25) is 0 Å². The molecule has 7 heteroatoms. The van der Waals surface area contributed by atoms with Crippen molar-refractivity contribution in [2.45, 2.75) is 20.0 Å². The van der Waals surface area contributed by atoms with Crippen LogP contribution >= 0.6 is 27.3 Å². The quantitative estimate of drug-likeness (QED) is 0.537. The zero-order valence-corrected chi connectivity index (χ0v) is 16.5. The molecule has 1 heterocycles. The highest BCUT2D eigenvalue weighted by Gasteiger charge is 2.05. The highest BCUT2D eigenvalue weighted by atomic mass is 79.9. The first-order valence-electron chi connectivity index (χ1n) is 7.62. The Kier molecular flexibility index (Phi) is 7.39. The van der Waals surface area contributed by atoms with Crippen molar-refractivity contribution in [3.8, 4) is 11.5 Å². The summed E-state index contributed by atoms with van der Waals surface area (Å²) in [6.07, 6.45) is 0. The van der Waals surface area contributed by atoms with E-state index in [9.17, 15) is 0 Å². The molecule has 2 N–H and O–H groups in total. The number of aliphatic imine (C=N–C) groups is 1. The van der Waals surface area contributed by atoms with E-state index in [2.05, 4.69) is 49.9 Å². The van der Waals surface area contributed by atoms with Crippen LogP contribution in [0, 0.1) is 0 Å². The van der Waals surface area contributed by atoms with Gasteiger partial charge in [0.15, 0.2) is 17.5 Å². The van der Waals surface area contributed by atoms with E-state index in [0.29, 0.717) is 12.3 Å². The van der Waals surface area contributed by atoms with Crippen LogP contribution in [0.4, 0.5) is 0 Å². The Morgan fingerprint density at radius 3 is 2.58 bits per heavy atom. The van der Waals surface area contributed by atoms with Crippen LogP contribution in [0.25, 0.3) is 0 Å². The van der Waals surface area contributed by atoms with E-state index >= 15 is 0 Å². The maximum absolute atomic E-state index is 5.33. The summed E-state index contributed by atoms with van der Waals surface area (Å²) in [6, 6.07) is 7.94. The van der Waals surface area contributed by atoms with E-state index in [0.717, 1.165) is 34.8 Å². The third-order valence-corrected chi connectivity index (χ3v) is 4.96. The Balaban J connectivity index is 2.02. The minimum absolute atomic E-state index is 0.559. The lowest BCUT2D eigenvalue weighted by molar-refractivity contribution is 0.354. The lowest BCUT2D eigenvalue weighted by Gasteiger charge is -2.11. The van der Waals surface area contributed by atoms with Crippen molar-refractivity contribution < 1.29 is 9.47 Å². The number of guanidine groups is 1. The summed E-state index contributed by atoms with van der Waals surface area (Å²) in [5, 5.41) is 8.68. The molecule has 0 aliphatic rings. The lowest BCUT2D eigenvalue weighted by Crippen LogP contribution is -2.36. The number of methoxy groups -OCH3 is 2. The number of nitrogens with one attached hydrogen (secondary N) is 2. The molecule has 0 bridgehead atoms. The average Bonchev–Trinajstić information content (AvgIpc) is 3.02. The maximum Gasteiger partial charge on any atom is 0.191 e. The second kappa shape index (κ2) is 9.54. The van der Waals surface area contributed by atoms with Gasteiger partial charge in [-0.25, -0.2) is 4.99 Å². The molecule has 0 unspecified atom stereocenters. The molecular formula is C17H22BrN3O2S. The summed E-state index contributed by atoms with van der Waals surface area (Å²) in [5.74, 6) is 2.22. The second-order valence-electron chi connectivity index (χ2n) is 4.97. The number of benzene rings is 1. The average molecular weight is 412 g/mol. The van der Waals surface area contributed by atoms with Gasteiger partial charge in [-0.2, -0.15) is 0 Å². The highest BCUT2D eigenvalue weighted by Crippen LogP contribution is 2.27. The number of thiophene rings is 1. The first-order valence-corrected chi connectivity index (χ1v) is 9.29. The number of halogens is 1. The van der Waals surface area contributed by atoms with Crippen LogP contribution < -0.4 is 20.1 Å². The van der Waals surface area contributed by atoms with Gasteiger partial charge in [-0.3, -0.25) is 0 Å². The van der Waals surface area contributed by atoms with E-state index in [1.165, 1.54) is 4.88 Å². The molecule has 130 valence electrons. The maximum atomic E-state index is 5.33. The van der Waals surface area contributed by atoms with Gasteiger partial charge in [-0.15, -0.1) is 11.3 Å². The van der Waals surface area contributed by atoms with Crippen LogP contribution in [0.1, 0.15) is 17.4 Å². The molecule has 1 aromatic carbocycles. The van der Waals surface area contributed by atoms with Gasteiger partial charge in [0, 0.05) is 21.3 Å². The SMILES string of the molecule is CCNC(=NCc1ccc(OC)c(OC)c1)NCc1cc(Br)cs1. The van der Waals surface area contributed by atoms with Crippen LogP contribution in [0.5, 0.6) is 11.5 Å². The van der Waals surface area contributed by atoms with Gasteiger partial charge in [-0.1, -0.05) is 6.07 Å². The summed E-state index contributed by atoms with van der Waals surface area (Å²) in [5.41, 5.74) is 1.06. The second-order valence-corrected chi connectivity index (χ2v) is 6.88. The summed E-state index contributed by atoms with van der Waals surface area (Å²) in [6.45, 7) is 4.17. The van der Waals surface area contributed by atoms with Crippen LogP contribution in [0.3, 0.4) is 0 Å². The Labute approximate surface area is 155 Å². The topological polar surface area (TPSA) is 54.9 Å². The van der Waals surface area contributed by atoms with Gasteiger partial charge in [0.05, 0.1) is 27.3 Å². The molecular weight excluding hydrogens is 390 g/mol. The fourth-order valence-electron chi connectivity index (χ4n) is 2.11. The summed E-state index contributed by atoms with van der Waals surface area (Å²) >= 11 is 5.18. The number of hydrogen-bond acceptors (Lipinski definition) is 4. The largest absolute Gasteiger partial charge is 0.493 e. The molecule has 5 nitrogen and oxygen atoms in total. The molecule has 0 radical (unpaired) electrons. The van der Waals surface area contributed by atoms with Crippen LogP contribution in [-0.4, -0.2) is 26.7 Å². The van der Waals surface area contributed by atoms with Crippen molar-refractivity contribution in [1.29, 1.82) is 0 Å². The van der Waals surface area contributed by atoms with E-state index < -0.39 is 0 Å². The third-order valence-electron chi connectivity index (χ3n) is 3.26. The normalized spacial score (nSPS) is 11.2. The van der Waals surface area contributed by atoms with Gasteiger partial charge < -0.3 is 20.1 Å². The number of ether oxygens (including phenoxy) is 2. The van der Waals surface area contributed by atoms with Crippen LogP contribution in [0.2, 0.25) is 0 Å². The third kappa shape index (κ3) is 5.42. The molecule has 0 atom stereocenters. The van der Waals surface area contributed by atoms with Gasteiger partial charge in [0.25, 0.3) is 0 Å². The predicted octanol–water partition coefficient (Wildman–Crippen LogP) is 3.78. The zero-order chi connectivity index (χ0) is 17.4. The molecule has 0 saturated carbocycles. The standard InChI is InChI=1S/C17H22BrN3O2S/c1-4-19-17(21-10-14-8-13(18)11-24-14)20-9-12-5-6-15(22-2)16(7-12)23-3/h5-8,11H,4,9-10H2,1-3H3,(H2,19,20,21). The van der Waals surface area contributed by atoms with Crippen molar-refractivity contribution >= 4 is 33.2 Å².